The lowest BCUT2D eigenvalue weighted by Crippen LogP contribution is -2.62. The van der Waals surface area contributed by atoms with E-state index in [1.807, 2.05) is 19.9 Å². The Morgan fingerprint density at radius 1 is 0.923 bits per heavy atom. The van der Waals surface area contributed by atoms with Crippen molar-refractivity contribution in [1.29, 1.82) is 0 Å². The largest absolute Gasteiger partial charge is 0.460 e. The summed E-state index contributed by atoms with van der Waals surface area (Å²) < 4.78 is 89.8. The van der Waals surface area contributed by atoms with E-state index >= 15 is 0 Å². The molecule has 1 aliphatic rings. The minimum absolute atomic E-state index is 0.0453. The number of rotatable bonds is 3. The van der Waals surface area contributed by atoms with Crippen molar-refractivity contribution in [2.45, 2.75) is 31.9 Å². The third kappa shape index (κ3) is 3.33. The smallest absolute Gasteiger partial charge is 0.368 e. The second-order valence-electron chi connectivity index (χ2n) is 6.14. The normalized spacial score (nSPS) is 16.8. The maximum Gasteiger partial charge on any atom is 0.460 e. The van der Waals surface area contributed by atoms with E-state index in [-0.39, 0.29) is 26.2 Å². The van der Waals surface area contributed by atoms with Crippen LogP contribution in [-0.2, 0) is 4.79 Å². The van der Waals surface area contributed by atoms with E-state index in [1.54, 1.807) is 17.0 Å². The first-order valence-electron chi connectivity index (χ1n) is 7.73. The predicted octanol–water partition coefficient (Wildman–Crippen LogP) is 3.78. The molecule has 0 spiro atoms. The summed E-state index contributed by atoms with van der Waals surface area (Å²) in [5.41, 5.74) is 2.71. The Hall–Kier alpha value is -2.00. The van der Waals surface area contributed by atoms with Crippen molar-refractivity contribution in [3.63, 3.8) is 0 Å². The lowest BCUT2D eigenvalue weighted by atomic mass is 10.1. The molecule has 0 bridgehead atoms. The van der Waals surface area contributed by atoms with Gasteiger partial charge in [-0.1, -0.05) is 12.1 Å². The Labute approximate surface area is 145 Å². The van der Waals surface area contributed by atoms with Crippen molar-refractivity contribution in [2.75, 3.05) is 31.1 Å². The second-order valence-corrected chi connectivity index (χ2v) is 6.14. The molecule has 2 rings (SSSR count). The molecule has 3 nitrogen and oxygen atoms in total. The fourth-order valence-electron chi connectivity index (χ4n) is 2.74. The molecule has 146 valence electrons. The average Bonchev–Trinajstić information content (AvgIpc) is 2.55. The van der Waals surface area contributed by atoms with Crippen molar-refractivity contribution in [3.8, 4) is 0 Å². The number of benzene rings is 1. The Kier molecular flexibility index (Phi) is 5.17. The molecular formula is C16H17F7N2O. The topological polar surface area (TPSA) is 23.6 Å². The average molecular weight is 386 g/mol. The van der Waals surface area contributed by atoms with Crippen LogP contribution in [0.25, 0.3) is 0 Å². The van der Waals surface area contributed by atoms with Gasteiger partial charge < -0.3 is 9.80 Å². The number of nitrogens with zero attached hydrogens (tertiary/aromatic N) is 2. The molecule has 1 aliphatic heterocycles. The summed E-state index contributed by atoms with van der Waals surface area (Å²) in [6.45, 7) is 3.05. The highest BCUT2D eigenvalue weighted by Gasteiger charge is 2.76. The Morgan fingerprint density at radius 3 is 1.96 bits per heavy atom. The van der Waals surface area contributed by atoms with Gasteiger partial charge in [0, 0.05) is 31.9 Å². The molecule has 0 aliphatic carbocycles. The fraction of sp³-hybridized carbons (Fsp3) is 0.562. The third-order valence-corrected chi connectivity index (χ3v) is 4.50. The molecule has 1 saturated heterocycles. The van der Waals surface area contributed by atoms with Gasteiger partial charge in [-0.2, -0.15) is 30.7 Å². The quantitative estimate of drug-likeness (QED) is 0.739. The van der Waals surface area contributed by atoms with E-state index in [0.29, 0.717) is 4.90 Å². The molecule has 0 aromatic heterocycles. The van der Waals surface area contributed by atoms with Crippen LogP contribution in [0.3, 0.4) is 0 Å². The summed E-state index contributed by atoms with van der Waals surface area (Å²) >= 11 is 0. The van der Waals surface area contributed by atoms with E-state index in [2.05, 4.69) is 0 Å². The monoisotopic (exact) mass is 386 g/mol. The lowest BCUT2D eigenvalue weighted by molar-refractivity contribution is -0.346. The summed E-state index contributed by atoms with van der Waals surface area (Å²) in [4.78, 5) is 13.8. The lowest BCUT2D eigenvalue weighted by Gasteiger charge is -2.39. The number of hydrogen-bond acceptors (Lipinski definition) is 2. The number of hydrogen-bond donors (Lipinski definition) is 0. The van der Waals surface area contributed by atoms with Crippen LogP contribution >= 0.6 is 0 Å². The number of aryl methyl sites for hydroxylation is 1. The third-order valence-electron chi connectivity index (χ3n) is 4.50. The molecule has 0 N–H and O–H groups in total. The van der Waals surface area contributed by atoms with Gasteiger partial charge in [-0.15, -0.1) is 0 Å². The number of carbonyl (C=O) groups is 1. The van der Waals surface area contributed by atoms with Gasteiger partial charge in [0.15, 0.2) is 0 Å². The first-order chi connectivity index (χ1) is 11.8. The van der Waals surface area contributed by atoms with Crippen molar-refractivity contribution in [2.24, 2.45) is 0 Å². The number of halogens is 7. The number of alkyl halides is 7. The summed E-state index contributed by atoms with van der Waals surface area (Å²) in [5, 5.41) is 0. The maximum absolute atomic E-state index is 13.5. The molecule has 1 aromatic carbocycles. The van der Waals surface area contributed by atoms with E-state index in [9.17, 15) is 35.5 Å². The Bertz CT molecular complexity index is 680. The standard InChI is InChI=1S/C16H17F7N2O/c1-10-4-3-5-12(11(10)2)24-6-8-25(9-7-24)13(26)14(17,18)15(19,20)16(21,22)23/h3-5H,6-9H2,1-2H3. The van der Waals surface area contributed by atoms with Crippen LogP contribution in [0.2, 0.25) is 0 Å². The van der Waals surface area contributed by atoms with E-state index in [1.165, 1.54) is 0 Å². The van der Waals surface area contributed by atoms with E-state index < -0.39 is 23.9 Å². The molecule has 0 unspecified atom stereocenters. The highest BCUT2D eigenvalue weighted by molar-refractivity contribution is 5.85. The molecule has 1 aromatic rings. The molecular weight excluding hydrogens is 369 g/mol. The van der Waals surface area contributed by atoms with Crippen LogP contribution in [0.1, 0.15) is 11.1 Å². The zero-order chi connectivity index (χ0) is 19.9. The summed E-state index contributed by atoms with van der Waals surface area (Å²) in [6.07, 6.45) is -6.52. The fourth-order valence-corrected chi connectivity index (χ4v) is 2.74. The highest BCUT2D eigenvalue weighted by Crippen LogP contribution is 2.47. The van der Waals surface area contributed by atoms with Gasteiger partial charge in [0.25, 0.3) is 5.91 Å². The van der Waals surface area contributed by atoms with Crippen molar-refractivity contribution in [3.05, 3.63) is 29.3 Å². The van der Waals surface area contributed by atoms with Gasteiger partial charge in [-0.25, -0.2) is 0 Å². The van der Waals surface area contributed by atoms with Crippen LogP contribution < -0.4 is 4.90 Å². The van der Waals surface area contributed by atoms with E-state index in [4.69, 9.17) is 0 Å². The zero-order valence-corrected chi connectivity index (χ0v) is 14.0. The minimum Gasteiger partial charge on any atom is -0.368 e. The van der Waals surface area contributed by atoms with Gasteiger partial charge in [0.2, 0.25) is 0 Å². The first-order valence-corrected chi connectivity index (χ1v) is 7.73. The molecule has 0 atom stereocenters. The van der Waals surface area contributed by atoms with Crippen LogP contribution in [0.5, 0.6) is 0 Å². The van der Waals surface area contributed by atoms with Gasteiger partial charge in [0.05, 0.1) is 0 Å². The van der Waals surface area contributed by atoms with Gasteiger partial charge in [-0.05, 0) is 31.0 Å². The van der Waals surface area contributed by atoms with Gasteiger partial charge >= 0.3 is 18.0 Å². The number of piperazine rings is 1. The second kappa shape index (κ2) is 6.62. The molecule has 0 radical (unpaired) electrons. The molecule has 1 amide bonds. The molecule has 1 fully saturated rings. The number of anilines is 1. The zero-order valence-electron chi connectivity index (χ0n) is 14.0. The number of carbonyl (C=O) groups excluding carboxylic acids is 1. The highest BCUT2D eigenvalue weighted by atomic mass is 19.4. The van der Waals surface area contributed by atoms with E-state index in [0.717, 1.165) is 16.8 Å². The van der Waals surface area contributed by atoms with Crippen molar-refractivity contribution in [1.82, 2.24) is 4.90 Å². The predicted molar refractivity (Wildman–Crippen MR) is 80.7 cm³/mol. The summed E-state index contributed by atoms with van der Waals surface area (Å²) in [7, 11) is 0. The molecule has 26 heavy (non-hydrogen) atoms. The van der Waals surface area contributed by atoms with Crippen LogP contribution in [0.15, 0.2) is 18.2 Å². The molecule has 0 saturated carbocycles. The summed E-state index contributed by atoms with van der Waals surface area (Å²) in [6, 6.07) is 5.44. The Morgan fingerprint density at radius 2 is 1.46 bits per heavy atom. The van der Waals surface area contributed by atoms with Gasteiger partial charge in [-0.3, -0.25) is 4.79 Å². The van der Waals surface area contributed by atoms with Crippen LogP contribution in [-0.4, -0.2) is 55.0 Å². The summed E-state index contributed by atoms with van der Waals surface area (Å²) in [5.74, 6) is -14.8. The first kappa shape index (κ1) is 20.3. The molecule has 10 heteroatoms. The van der Waals surface area contributed by atoms with Gasteiger partial charge in [0.1, 0.15) is 0 Å². The van der Waals surface area contributed by atoms with Crippen LogP contribution in [0.4, 0.5) is 36.4 Å². The van der Waals surface area contributed by atoms with Crippen LogP contribution in [0, 0.1) is 13.8 Å². The number of amides is 1. The maximum atomic E-state index is 13.5. The molecule has 1 heterocycles. The van der Waals surface area contributed by atoms with Crippen molar-refractivity contribution < 1.29 is 35.5 Å². The van der Waals surface area contributed by atoms with Crippen molar-refractivity contribution >= 4 is 11.6 Å². The Balaban J connectivity index is 2.12. The minimum atomic E-state index is -6.52. The SMILES string of the molecule is Cc1cccc(N2CCN(C(=O)C(F)(F)C(F)(F)C(F)(F)F)CC2)c1C.